The molecule has 48 heavy (non-hydrogen) atoms. The summed E-state index contributed by atoms with van der Waals surface area (Å²) in [5.41, 5.74) is 8.25. The number of anilines is 2. The smallest absolute Gasteiger partial charge is 0.429 e. The molecule has 6 amide bonds. The maximum atomic E-state index is 13.5. The zero-order chi connectivity index (χ0) is 35.4. The van der Waals surface area contributed by atoms with Crippen LogP contribution in [0.4, 0.5) is 30.6 Å². The number of nitrogens with one attached hydrogen (secondary N) is 4. The highest BCUT2D eigenvalue weighted by molar-refractivity contribution is 5.97. The van der Waals surface area contributed by atoms with E-state index in [9.17, 15) is 28.8 Å². The molecular weight excluding hydrogens is 628 g/mol. The molecule has 16 heteroatoms. The fourth-order valence-corrected chi connectivity index (χ4v) is 4.36. The maximum absolute atomic E-state index is 13.5. The first kappa shape index (κ1) is 36.7. The van der Waals surface area contributed by atoms with Gasteiger partial charge in [-0.2, -0.15) is 0 Å². The highest BCUT2D eigenvalue weighted by Gasteiger charge is 2.46. The van der Waals surface area contributed by atoms with E-state index in [4.69, 9.17) is 24.7 Å². The molecule has 3 rings (SSSR count). The summed E-state index contributed by atoms with van der Waals surface area (Å²) in [7, 11) is 0. The molecule has 0 bridgehead atoms. The van der Waals surface area contributed by atoms with Gasteiger partial charge in [-0.1, -0.05) is 36.4 Å². The molecule has 0 aliphatic heterocycles. The van der Waals surface area contributed by atoms with E-state index >= 15 is 0 Å². The highest BCUT2D eigenvalue weighted by Crippen LogP contribution is 2.29. The molecule has 4 unspecified atom stereocenters. The number of hydrazine groups is 1. The first-order valence-electron chi connectivity index (χ1n) is 15.1. The van der Waals surface area contributed by atoms with Gasteiger partial charge >= 0.3 is 24.4 Å². The van der Waals surface area contributed by atoms with Crippen LogP contribution in [0.15, 0.2) is 72.3 Å². The van der Waals surface area contributed by atoms with E-state index in [1.165, 1.54) is 13.0 Å². The van der Waals surface area contributed by atoms with Crippen LogP contribution >= 0.6 is 0 Å². The lowest BCUT2D eigenvalue weighted by Gasteiger charge is -2.40. The molecule has 2 aromatic carbocycles. The third-order valence-electron chi connectivity index (χ3n) is 6.49. The van der Waals surface area contributed by atoms with E-state index in [1.807, 2.05) is 0 Å². The summed E-state index contributed by atoms with van der Waals surface area (Å²) in [6, 6.07) is 13.9. The number of hydrogen-bond donors (Lipinski definition) is 5. The summed E-state index contributed by atoms with van der Waals surface area (Å²) in [4.78, 5) is 77.8. The zero-order valence-corrected chi connectivity index (χ0v) is 27.1. The van der Waals surface area contributed by atoms with Crippen LogP contribution < -0.4 is 27.1 Å². The summed E-state index contributed by atoms with van der Waals surface area (Å²) in [5.74, 6) is -1.64. The minimum atomic E-state index is -1.56. The zero-order valence-electron chi connectivity index (χ0n) is 27.1. The Morgan fingerprint density at radius 1 is 0.750 bits per heavy atom. The van der Waals surface area contributed by atoms with Crippen LogP contribution in [0.2, 0.25) is 0 Å². The average Bonchev–Trinajstić information content (AvgIpc) is 3.00. The number of ether oxygens (including phenoxy) is 4. The summed E-state index contributed by atoms with van der Waals surface area (Å²) >= 11 is 0. The molecule has 2 aromatic rings. The van der Waals surface area contributed by atoms with Gasteiger partial charge in [0, 0.05) is 23.4 Å². The summed E-state index contributed by atoms with van der Waals surface area (Å²) in [6.45, 7) is 7.63. The topological polar surface area (TPSA) is 217 Å². The van der Waals surface area contributed by atoms with E-state index < -0.39 is 72.7 Å². The van der Waals surface area contributed by atoms with Gasteiger partial charge in [-0.3, -0.25) is 20.2 Å². The van der Waals surface area contributed by atoms with Gasteiger partial charge in [0.25, 0.3) is 0 Å². The Morgan fingerprint density at radius 3 is 1.77 bits per heavy atom. The molecule has 6 N–H and O–H groups in total. The Labute approximate surface area is 277 Å². The van der Waals surface area contributed by atoms with Gasteiger partial charge in [0.2, 0.25) is 11.8 Å². The van der Waals surface area contributed by atoms with E-state index in [0.717, 1.165) is 0 Å². The van der Waals surface area contributed by atoms with Crippen LogP contribution in [0.25, 0.3) is 0 Å². The van der Waals surface area contributed by atoms with Gasteiger partial charge in [0.05, 0.1) is 12.2 Å². The Kier molecular flexibility index (Phi) is 13.1. The standard InChI is InChI=1S/C32H40N6O10/c1-18(2)45-31(43)37-38(32(44)46-19(3)4)24-16-21(28(40)34-20(5)27(33)39)17-25(47-29(41)35-22-12-8-6-9-13-22)26(24)48-30(42)36-23-14-10-7-11-15-23/h6-16,18-20,24-26H,17H2,1-5H3,(H2,33,39)(H,34,40)(H,35,41)(H,36,42)(H,37,43). The quantitative estimate of drug-likeness (QED) is 0.182. The van der Waals surface area contributed by atoms with Crippen molar-refractivity contribution in [3.8, 4) is 0 Å². The number of carbonyl (C=O) groups is 6. The van der Waals surface area contributed by atoms with Crippen molar-refractivity contribution in [1.29, 1.82) is 0 Å². The van der Waals surface area contributed by atoms with Crippen LogP contribution in [-0.4, -0.2) is 77.7 Å². The number of benzene rings is 2. The molecule has 258 valence electrons. The van der Waals surface area contributed by atoms with Crippen LogP contribution in [0, 0.1) is 0 Å². The lowest BCUT2D eigenvalue weighted by Crippen LogP contribution is -2.61. The summed E-state index contributed by atoms with van der Waals surface area (Å²) in [6.07, 6.45) is -7.64. The van der Waals surface area contributed by atoms with Gasteiger partial charge in [-0.05, 0) is 65.0 Å². The molecule has 0 radical (unpaired) electrons. The van der Waals surface area contributed by atoms with Crippen LogP contribution in [0.3, 0.4) is 0 Å². The van der Waals surface area contributed by atoms with E-state index in [2.05, 4.69) is 21.4 Å². The highest BCUT2D eigenvalue weighted by atomic mass is 16.6. The molecule has 16 nitrogen and oxygen atoms in total. The van der Waals surface area contributed by atoms with Crippen molar-refractivity contribution in [2.45, 2.75) is 77.5 Å². The minimum absolute atomic E-state index is 0.102. The number of nitrogens with zero attached hydrogens (tertiary/aromatic N) is 1. The summed E-state index contributed by atoms with van der Waals surface area (Å²) < 4.78 is 22.0. The van der Waals surface area contributed by atoms with E-state index in [1.54, 1.807) is 88.4 Å². The number of nitrogens with two attached hydrogens (primary N) is 1. The summed E-state index contributed by atoms with van der Waals surface area (Å²) in [5, 5.41) is 8.20. The van der Waals surface area contributed by atoms with Gasteiger partial charge in [0.1, 0.15) is 18.2 Å². The number of amides is 6. The predicted molar refractivity (Wildman–Crippen MR) is 172 cm³/mol. The number of rotatable bonds is 10. The first-order valence-corrected chi connectivity index (χ1v) is 15.1. The number of hydrogen-bond acceptors (Lipinski definition) is 10. The molecule has 0 fully saturated rings. The predicted octanol–water partition coefficient (Wildman–Crippen LogP) is 3.81. The molecule has 1 aliphatic rings. The van der Waals surface area contributed by atoms with Crippen LogP contribution in [0.5, 0.6) is 0 Å². The van der Waals surface area contributed by atoms with Gasteiger partial charge in [0.15, 0.2) is 6.10 Å². The molecule has 0 spiro atoms. The normalized spacial score (nSPS) is 17.6. The molecule has 4 atom stereocenters. The second-order valence-corrected chi connectivity index (χ2v) is 11.1. The van der Waals surface area contributed by atoms with E-state index in [0.29, 0.717) is 16.4 Å². The molecule has 1 aliphatic carbocycles. The van der Waals surface area contributed by atoms with E-state index in [-0.39, 0.29) is 12.0 Å². The van der Waals surface area contributed by atoms with Gasteiger partial charge < -0.3 is 30.0 Å². The number of para-hydroxylation sites is 2. The fourth-order valence-electron chi connectivity index (χ4n) is 4.36. The third-order valence-corrected chi connectivity index (χ3v) is 6.49. The van der Waals surface area contributed by atoms with Crippen LogP contribution in [-0.2, 0) is 28.5 Å². The average molecular weight is 669 g/mol. The fraction of sp³-hybridized carbons (Fsp3) is 0.375. The van der Waals surface area contributed by atoms with Crippen LogP contribution in [0.1, 0.15) is 41.0 Å². The molecular formula is C32H40N6O10. The van der Waals surface area contributed by atoms with Crippen molar-refractivity contribution >= 4 is 47.6 Å². The van der Waals surface area contributed by atoms with Crippen molar-refractivity contribution < 1.29 is 47.7 Å². The molecule has 0 heterocycles. The van der Waals surface area contributed by atoms with Crippen molar-refractivity contribution in [3.63, 3.8) is 0 Å². The lowest BCUT2D eigenvalue weighted by atomic mass is 9.89. The number of primary amides is 1. The van der Waals surface area contributed by atoms with Crippen molar-refractivity contribution in [1.82, 2.24) is 15.8 Å². The van der Waals surface area contributed by atoms with Crippen molar-refractivity contribution in [2.75, 3.05) is 10.6 Å². The minimum Gasteiger partial charge on any atom is -0.446 e. The SMILES string of the molecule is CC(C)OC(=O)NN(C(=O)OC(C)C)C1C=C(C(=O)NC(C)C(N)=O)CC(OC(=O)Nc2ccccc2)C1OC(=O)Nc1ccccc1. The Hall–Kier alpha value is -5.80. The van der Waals surface area contributed by atoms with Gasteiger partial charge in [-0.25, -0.2) is 29.6 Å². The molecule has 0 saturated heterocycles. The lowest BCUT2D eigenvalue weighted by molar-refractivity contribution is -0.125. The Morgan fingerprint density at radius 2 is 1.27 bits per heavy atom. The second-order valence-electron chi connectivity index (χ2n) is 11.1. The molecule has 0 saturated carbocycles. The Bertz CT molecular complexity index is 1480. The van der Waals surface area contributed by atoms with Gasteiger partial charge in [-0.15, -0.1) is 0 Å². The first-order chi connectivity index (χ1) is 22.7. The number of carbonyl (C=O) groups excluding carboxylic acids is 6. The molecule has 0 aromatic heterocycles. The maximum Gasteiger partial charge on any atom is 0.429 e. The largest absolute Gasteiger partial charge is 0.446 e. The van der Waals surface area contributed by atoms with Crippen molar-refractivity contribution in [3.05, 3.63) is 72.3 Å². The Balaban J connectivity index is 2.10. The third kappa shape index (κ3) is 11.2. The monoisotopic (exact) mass is 668 g/mol. The second kappa shape index (κ2) is 17.2. The van der Waals surface area contributed by atoms with Crippen molar-refractivity contribution in [2.24, 2.45) is 5.73 Å².